The zero-order valence-electron chi connectivity index (χ0n) is 8.78. The van der Waals surface area contributed by atoms with E-state index in [1.807, 2.05) is 18.7 Å². The first-order chi connectivity index (χ1) is 6.44. The number of rotatable bonds is 7. The minimum Gasteiger partial charge on any atom is -0.295 e. The fraction of sp³-hybridized carbons (Fsp3) is 0.875. The van der Waals surface area contributed by atoms with Crippen LogP contribution < -0.4 is 4.72 Å². The van der Waals surface area contributed by atoms with Crippen molar-refractivity contribution in [2.24, 2.45) is 0 Å². The Labute approximate surface area is 91.7 Å². The Morgan fingerprint density at radius 1 is 1.43 bits per heavy atom. The quantitative estimate of drug-likeness (QED) is 0.639. The molecule has 1 unspecified atom stereocenters. The molecule has 0 aliphatic carbocycles. The summed E-state index contributed by atoms with van der Waals surface area (Å²) in [5.41, 5.74) is 0. The second kappa shape index (κ2) is 6.44. The van der Waals surface area contributed by atoms with Crippen LogP contribution in [0.4, 0.5) is 0 Å². The van der Waals surface area contributed by atoms with E-state index < -0.39 is 10.0 Å². The van der Waals surface area contributed by atoms with Crippen molar-refractivity contribution < 1.29 is 8.42 Å². The summed E-state index contributed by atoms with van der Waals surface area (Å²) in [6.45, 7) is 5.96. The van der Waals surface area contributed by atoms with Gasteiger partial charge in [0.15, 0.2) is 0 Å². The van der Waals surface area contributed by atoms with Crippen LogP contribution in [0.25, 0.3) is 0 Å². The molecule has 0 aromatic carbocycles. The van der Waals surface area contributed by atoms with Crippen LogP contribution in [0.1, 0.15) is 13.8 Å². The second-order valence-corrected chi connectivity index (χ2v) is 5.04. The molecule has 6 heteroatoms. The largest absolute Gasteiger partial charge is 0.295 e. The highest BCUT2D eigenvalue weighted by Crippen LogP contribution is 1.96. The molecule has 0 aliphatic heterocycles. The van der Waals surface area contributed by atoms with Crippen LogP contribution in [-0.2, 0) is 10.0 Å². The Bertz CT molecular complexity index is 261. The molecule has 4 nitrogen and oxygen atoms in total. The lowest BCUT2D eigenvalue weighted by Crippen LogP contribution is -2.44. The predicted octanol–water partition coefficient (Wildman–Crippen LogP) is 0.123. The van der Waals surface area contributed by atoms with Gasteiger partial charge in [0, 0.05) is 11.9 Å². The zero-order valence-corrected chi connectivity index (χ0v) is 10.4. The molecule has 1 N–H and O–H groups in total. The van der Waals surface area contributed by atoms with Gasteiger partial charge < -0.3 is 0 Å². The summed E-state index contributed by atoms with van der Waals surface area (Å²) in [6, 6.07) is -0.130. The number of thiocarbonyl (C=S) groups is 1. The first kappa shape index (κ1) is 14.0. The van der Waals surface area contributed by atoms with Crippen LogP contribution in [0.2, 0.25) is 0 Å². The first-order valence-electron chi connectivity index (χ1n) is 4.51. The Morgan fingerprint density at radius 3 is 2.21 bits per heavy atom. The molecule has 0 aliphatic rings. The summed E-state index contributed by atoms with van der Waals surface area (Å²) in [5, 5.41) is 2.66. The second-order valence-electron chi connectivity index (χ2n) is 2.98. The molecule has 0 fully saturated rings. The van der Waals surface area contributed by atoms with E-state index in [0.717, 1.165) is 19.3 Å². The lowest BCUT2D eigenvalue weighted by Gasteiger charge is -2.25. The van der Waals surface area contributed by atoms with Gasteiger partial charge in [0.1, 0.15) is 0 Å². The number of hydrogen-bond donors (Lipinski definition) is 1. The molecule has 83 valence electrons. The summed E-state index contributed by atoms with van der Waals surface area (Å²) < 4.78 is 24.1. The molecule has 0 saturated carbocycles. The normalized spacial score (nSPS) is 14.3. The fourth-order valence-electron chi connectivity index (χ4n) is 1.14. The van der Waals surface area contributed by atoms with E-state index in [9.17, 15) is 8.42 Å². The third kappa shape index (κ3) is 5.64. The molecule has 14 heavy (non-hydrogen) atoms. The van der Waals surface area contributed by atoms with E-state index in [2.05, 4.69) is 10.1 Å². The van der Waals surface area contributed by atoms with Crippen molar-refractivity contribution in [2.45, 2.75) is 19.9 Å². The minimum absolute atomic E-state index is 0.130. The van der Waals surface area contributed by atoms with Crippen molar-refractivity contribution in [3.8, 4) is 0 Å². The summed E-state index contributed by atoms with van der Waals surface area (Å²) in [6.07, 6.45) is 1.13. The average Bonchev–Trinajstić information content (AvgIpc) is 2.10. The standard InChI is InChI=1S/C8H17N2O2S2/c1-4-10(5-2)8(7-13)6-9-14(3,11)12/h8-9H,4-6H2,1-3H3. The van der Waals surface area contributed by atoms with Crippen molar-refractivity contribution in [2.75, 3.05) is 25.9 Å². The molecular weight excluding hydrogens is 220 g/mol. The Morgan fingerprint density at radius 2 is 1.93 bits per heavy atom. The van der Waals surface area contributed by atoms with Gasteiger partial charge in [-0.2, -0.15) is 0 Å². The maximum atomic E-state index is 10.9. The molecular formula is C8H17N2O2S2. The highest BCUT2D eigenvalue weighted by atomic mass is 32.2. The van der Waals surface area contributed by atoms with Gasteiger partial charge in [-0.05, 0) is 13.1 Å². The predicted molar refractivity (Wildman–Crippen MR) is 62.2 cm³/mol. The molecule has 0 aromatic rings. The fourth-order valence-corrected chi connectivity index (χ4v) is 1.83. The Hall–Kier alpha value is -0.0400. The lowest BCUT2D eigenvalue weighted by atomic mass is 10.3. The summed E-state index contributed by atoms with van der Waals surface area (Å²) >= 11 is 4.74. The summed E-state index contributed by atoms with van der Waals surface area (Å²) in [4.78, 5) is 2.05. The van der Waals surface area contributed by atoms with Crippen LogP contribution >= 0.6 is 12.2 Å². The van der Waals surface area contributed by atoms with E-state index in [1.54, 1.807) is 0 Å². The van der Waals surface area contributed by atoms with Gasteiger partial charge in [-0.1, -0.05) is 26.1 Å². The van der Waals surface area contributed by atoms with Crippen molar-refractivity contribution in [1.82, 2.24) is 9.62 Å². The third-order valence-corrected chi connectivity index (χ3v) is 2.89. The van der Waals surface area contributed by atoms with Gasteiger partial charge in [0.2, 0.25) is 10.0 Å². The van der Waals surface area contributed by atoms with Gasteiger partial charge in [0.25, 0.3) is 0 Å². The maximum absolute atomic E-state index is 10.9. The monoisotopic (exact) mass is 237 g/mol. The van der Waals surface area contributed by atoms with Crippen LogP contribution in [0.5, 0.6) is 0 Å². The number of likely N-dealkylation sites (N-methyl/N-ethyl adjacent to an activating group) is 1. The molecule has 1 atom stereocenters. The van der Waals surface area contributed by atoms with E-state index in [1.165, 1.54) is 0 Å². The average molecular weight is 237 g/mol. The van der Waals surface area contributed by atoms with E-state index in [-0.39, 0.29) is 6.04 Å². The molecule has 0 aromatic heterocycles. The molecule has 0 spiro atoms. The van der Waals surface area contributed by atoms with Gasteiger partial charge in [-0.15, -0.1) is 0 Å². The Balaban J connectivity index is 4.22. The van der Waals surface area contributed by atoms with Crippen LogP contribution in [0.15, 0.2) is 0 Å². The van der Waals surface area contributed by atoms with Crippen molar-refractivity contribution in [3.63, 3.8) is 0 Å². The summed E-state index contributed by atoms with van der Waals surface area (Å²) in [7, 11) is -3.14. The van der Waals surface area contributed by atoms with Gasteiger partial charge >= 0.3 is 0 Å². The van der Waals surface area contributed by atoms with Crippen molar-refractivity contribution in [1.29, 1.82) is 0 Å². The molecule has 1 radical (unpaired) electrons. The minimum atomic E-state index is -3.14. The lowest BCUT2D eigenvalue weighted by molar-refractivity contribution is 0.273. The van der Waals surface area contributed by atoms with Crippen LogP contribution in [0, 0.1) is 0 Å². The van der Waals surface area contributed by atoms with Crippen LogP contribution in [-0.4, -0.2) is 50.6 Å². The molecule has 0 heterocycles. The molecule has 0 rings (SSSR count). The van der Waals surface area contributed by atoms with Crippen LogP contribution in [0.3, 0.4) is 0 Å². The van der Waals surface area contributed by atoms with E-state index in [4.69, 9.17) is 12.2 Å². The van der Waals surface area contributed by atoms with Gasteiger partial charge in [0.05, 0.1) is 12.3 Å². The van der Waals surface area contributed by atoms with Gasteiger partial charge in [-0.3, -0.25) is 4.90 Å². The van der Waals surface area contributed by atoms with Crippen molar-refractivity contribution >= 4 is 27.6 Å². The SMILES string of the molecule is CCN(CC)C([C]=S)CNS(C)(=O)=O. The smallest absolute Gasteiger partial charge is 0.208 e. The number of nitrogens with zero attached hydrogens (tertiary/aromatic N) is 1. The van der Waals surface area contributed by atoms with E-state index in [0.29, 0.717) is 6.54 Å². The molecule has 0 amide bonds. The molecule has 0 saturated heterocycles. The highest BCUT2D eigenvalue weighted by Gasteiger charge is 2.14. The number of nitrogens with one attached hydrogen (secondary N) is 1. The number of hydrogen-bond acceptors (Lipinski definition) is 4. The third-order valence-electron chi connectivity index (χ3n) is 1.93. The van der Waals surface area contributed by atoms with E-state index >= 15 is 0 Å². The first-order valence-corrected chi connectivity index (χ1v) is 6.80. The van der Waals surface area contributed by atoms with Crippen molar-refractivity contribution in [3.05, 3.63) is 0 Å². The highest BCUT2D eigenvalue weighted by molar-refractivity contribution is 7.88. The van der Waals surface area contributed by atoms with Gasteiger partial charge in [-0.25, -0.2) is 13.1 Å². The molecule has 0 bridgehead atoms. The topological polar surface area (TPSA) is 49.4 Å². The zero-order chi connectivity index (χ0) is 11.2. The summed E-state index contributed by atoms with van der Waals surface area (Å²) in [5.74, 6) is 0. The maximum Gasteiger partial charge on any atom is 0.208 e. The number of sulfonamides is 1. The Kier molecular flexibility index (Phi) is 6.43.